The van der Waals surface area contributed by atoms with Crippen LogP contribution in [-0.4, -0.2) is 21.2 Å². The third-order valence-corrected chi connectivity index (χ3v) is 4.70. The summed E-state index contributed by atoms with van der Waals surface area (Å²) in [5, 5.41) is 2.94. The van der Waals surface area contributed by atoms with E-state index in [9.17, 15) is 13.6 Å². The first-order valence-electron chi connectivity index (χ1n) is 7.70. The number of aryl methyl sites for hydroxylation is 2. The molecular formula is C18H17F2N3OS. The Kier molecular flexibility index (Phi) is 5.03. The Morgan fingerprint density at radius 1 is 1.24 bits per heavy atom. The molecule has 0 atom stereocenters. The van der Waals surface area contributed by atoms with Crippen molar-refractivity contribution in [2.45, 2.75) is 25.6 Å². The van der Waals surface area contributed by atoms with Gasteiger partial charge in [-0.3, -0.25) is 9.36 Å². The monoisotopic (exact) mass is 361 g/mol. The molecule has 25 heavy (non-hydrogen) atoms. The van der Waals surface area contributed by atoms with E-state index < -0.39 is 6.55 Å². The first kappa shape index (κ1) is 17.4. The maximum Gasteiger partial charge on any atom is 0.321 e. The minimum Gasteiger partial charge on any atom is -0.325 e. The number of hydrogen-bond donors (Lipinski definition) is 1. The van der Waals surface area contributed by atoms with Gasteiger partial charge in [-0.15, -0.1) is 0 Å². The fraction of sp³-hybridized carbons (Fsp3) is 0.222. The Labute approximate surface area is 148 Å². The van der Waals surface area contributed by atoms with Gasteiger partial charge in [-0.2, -0.15) is 8.78 Å². The highest BCUT2D eigenvalue weighted by Crippen LogP contribution is 2.29. The molecule has 3 rings (SSSR count). The number of carbonyl (C=O) groups excluding carboxylic acids is 1. The number of halogens is 2. The van der Waals surface area contributed by atoms with Crippen LogP contribution >= 0.6 is 11.8 Å². The Morgan fingerprint density at radius 2 is 2.00 bits per heavy atom. The van der Waals surface area contributed by atoms with Crippen LogP contribution in [0.15, 0.2) is 47.6 Å². The number of thioether (sulfide) groups is 1. The van der Waals surface area contributed by atoms with Crippen molar-refractivity contribution in [3.63, 3.8) is 0 Å². The van der Waals surface area contributed by atoms with Gasteiger partial charge < -0.3 is 5.32 Å². The number of anilines is 1. The molecule has 0 spiro atoms. The van der Waals surface area contributed by atoms with Crippen LogP contribution in [-0.2, 0) is 4.79 Å². The van der Waals surface area contributed by atoms with Crippen molar-refractivity contribution in [3.8, 4) is 0 Å². The molecule has 7 heteroatoms. The second-order valence-electron chi connectivity index (χ2n) is 5.69. The number of amides is 1. The fourth-order valence-corrected chi connectivity index (χ4v) is 3.40. The van der Waals surface area contributed by atoms with Crippen molar-refractivity contribution < 1.29 is 13.6 Å². The molecule has 3 aromatic rings. The van der Waals surface area contributed by atoms with Crippen LogP contribution in [0, 0.1) is 13.8 Å². The van der Waals surface area contributed by atoms with Gasteiger partial charge in [0.1, 0.15) is 0 Å². The standard InChI is InChI=1S/C18H17F2N3OS/c1-11-7-8-13(12(2)9-11)21-16(24)10-25-18-22-14-5-3-4-6-15(14)23(18)17(19)20/h3-9,17H,10H2,1-2H3,(H,21,24). The number of aromatic nitrogens is 2. The van der Waals surface area contributed by atoms with E-state index in [-0.39, 0.29) is 16.8 Å². The van der Waals surface area contributed by atoms with Crippen LogP contribution in [0.5, 0.6) is 0 Å². The number of imidazole rings is 1. The van der Waals surface area contributed by atoms with E-state index in [0.717, 1.165) is 33.1 Å². The van der Waals surface area contributed by atoms with Crippen molar-refractivity contribution in [1.29, 1.82) is 0 Å². The van der Waals surface area contributed by atoms with Gasteiger partial charge in [0, 0.05) is 5.69 Å². The number of fused-ring (bicyclic) bond motifs is 1. The smallest absolute Gasteiger partial charge is 0.321 e. The van der Waals surface area contributed by atoms with Crippen LogP contribution in [0.2, 0.25) is 0 Å². The zero-order valence-electron chi connectivity index (χ0n) is 13.8. The topological polar surface area (TPSA) is 46.9 Å². The Morgan fingerprint density at radius 3 is 2.72 bits per heavy atom. The Balaban J connectivity index is 1.74. The van der Waals surface area contributed by atoms with Crippen LogP contribution in [0.1, 0.15) is 17.7 Å². The lowest BCUT2D eigenvalue weighted by Crippen LogP contribution is -2.15. The van der Waals surface area contributed by atoms with Gasteiger partial charge in [-0.25, -0.2) is 4.98 Å². The van der Waals surface area contributed by atoms with Gasteiger partial charge in [0.25, 0.3) is 0 Å². The minimum atomic E-state index is -2.71. The Hall–Kier alpha value is -2.41. The van der Waals surface area contributed by atoms with Crippen molar-refractivity contribution in [1.82, 2.24) is 9.55 Å². The van der Waals surface area contributed by atoms with E-state index in [2.05, 4.69) is 10.3 Å². The van der Waals surface area contributed by atoms with Crippen LogP contribution < -0.4 is 5.32 Å². The summed E-state index contributed by atoms with van der Waals surface area (Å²) in [5.41, 5.74) is 3.63. The van der Waals surface area contributed by atoms with Crippen LogP contribution in [0.3, 0.4) is 0 Å². The lowest BCUT2D eigenvalue weighted by molar-refractivity contribution is -0.113. The molecule has 2 aromatic carbocycles. The molecule has 0 fully saturated rings. The second-order valence-corrected chi connectivity index (χ2v) is 6.63. The average Bonchev–Trinajstić information content (AvgIpc) is 2.94. The van der Waals surface area contributed by atoms with E-state index in [1.807, 2.05) is 32.0 Å². The molecule has 0 bridgehead atoms. The third-order valence-electron chi connectivity index (χ3n) is 3.75. The van der Waals surface area contributed by atoms with Crippen molar-refractivity contribution >= 4 is 34.4 Å². The number of nitrogens with zero attached hydrogens (tertiary/aromatic N) is 2. The average molecular weight is 361 g/mol. The van der Waals surface area contributed by atoms with Gasteiger partial charge in [0.05, 0.1) is 16.8 Å². The molecule has 0 aliphatic carbocycles. The summed E-state index contributed by atoms with van der Waals surface area (Å²) >= 11 is 0.997. The minimum absolute atomic E-state index is 0.00333. The first-order chi connectivity index (χ1) is 12.0. The van der Waals surface area contributed by atoms with Gasteiger partial charge in [-0.1, -0.05) is 41.6 Å². The quantitative estimate of drug-likeness (QED) is 0.665. The van der Waals surface area contributed by atoms with Gasteiger partial charge in [-0.05, 0) is 37.6 Å². The van der Waals surface area contributed by atoms with Gasteiger partial charge in [0.2, 0.25) is 5.91 Å². The van der Waals surface area contributed by atoms with E-state index >= 15 is 0 Å². The molecule has 0 aliphatic heterocycles. The molecule has 0 unspecified atom stereocenters. The molecule has 1 heterocycles. The summed E-state index contributed by atoms with van der Waals surface area (Å²) in [4.78, 5) is 16.4. The molecule has 0 saturated heterocycles. The first-order valence-corrected chi connectivity index (χ1v) is 8.69. The predicted octanol–water partition coefficient (Wildman–Crippen LogP) is 4.78. The molecule has 0 aliphatic rings. The zero-order chi connectivity index (χ0) is 18.0. The van der Waals surface area contributed by atoms with Crippen LogP contribution in [0.25, 0.3) is 11.0 Å². The van der Waals surface area contributed by atoms with E-state index in [1.165, 1.54) is 0 Å². The number of nitrogens with one attached hydrogen (secondary N) is 1. The summed E-state index contributed by atoms with van der Waals surface area (Å²) in [6.45, 7) is 1.17. The summed E-state index contributed by atoms with van der Waals surface area (Å²) in [5.74, 6) is -0.256. The number of rotatable bonds is 5. The molecule has 130 valence electrons. The summed E-state index contributed by atoms with van der Waals surface area (Å²) in [6.07, 6.45) is 0. The highest BCUT2D eigenvalue weighted by atomic mass is 32.2. The van der Waals surface area contributed by atoms with E-state index in [1.54, 1.807) is 24.3 Å². The lowest BCUT2D eigenvalue weighted by Gasteiger charge is -2.10. The van der Waals surface area contributed by atoms with Crippen molar-refractivity contribution in [2.24, 2.45) is 0 Å². The maximum absolute atomic E-state index is 13.4. The zero-order valence-corrected chi connectivity index (χ0v) is 14.6. The summed E-state index contributed by atoms with van der Waals surface area (Å²) < 4.78 is 27.6. The van der Waals surface area contributed by atoms with Gasteiger partial charge in [0.15, 0.2) is 5.16 Å². The molecule has 1 amide bonds. The number of carbonyl (C=O) groups is 1. The molecule has 0 radical (unpaired) electrons. The molecule has 1 aromatic heterocycles. The van der Waals surface area contributed by atoms with E-state index in [0.29, 0.717) is 11.0 Å². The Bertz CT molecular complexity index is 924. The largest absolute Gasteiger partial charge is 0.325 e. The normalized spacial score (nSPS) is 11.2. The van der Waals surface area contributed by atoms with Crippen molar-refractivity contribution in [2.75, 3.05) is 11.1 Å². The molecule has 4 nitrogen and oxygen atoms in total. The molecule has 1 N–H and O–H groups in total. The second kappa shape index (κ2) is 7.23. The van der Waals surface area contributed by atoms with Crippen molar-refractivity contribution in [3.05, 3.63) is 53.6 Å². The maximum atomic E-state index is 13.4. The highest BCUT2D eigenvalue weighted by Gasteiger charge is 2.18. The fourth-order valence-electron chi connectivity index (χ4n) is 2.58. The predicted molar refractivity (Wildman–Crippen MR) is 96.3 cm³/mol. The third kappa shape index (κ3) is 3.82. The number of hydrogen-bond acceptors (Lipinski definition) is 3. The molecule has 0 saturated carbocycles. The van der Waals surface area contributed by atoms with Gasteiger partial charge >= 0.3 is 6.55 Å². The lowest BCUT2D eigenvalue weighted by atomic mass is 10.1. The SMILES string of the molecule is Cc1ccc(NC(=O)CSc2nc3ccccc3n2C(F)F)c(C)c1. The number of para-hydroxylation sites is 2. The number of alkyl halides is 2. The summed E-state index contributed by atoms with van der Waals surface area (Å²) in [6, 6.07) is 12.4. The highest BCUT2D eigenvalue weighted by molar-refractivity contribution is 7.99. The summed E-state index contributed by atoms with van der Waals surface area (Å²) in [7, 11) is 0. The number of benzene rings is 2. The van der Waals surface area contributed by atoms with Crippen LogP contribution in [0.4, 0.5) is 14.5 Å². The molecular weight excluding hydrogens is 344 g/mol. The van der Waals surface area contributed by atoms with E-state index in [4.69, 9.17) is 0 Å².